The van der Waals surface area contributed by atoms with Gasteiger partial charge in [0, 0.05) is 44.5 Å². The van der Waals surface area contributed by atoms with Gasteiger partial charge >= 0.3 is 0 Å². The third-order valence-corrected chi connectivity index (χ3v) is 4.26. The van der Waals surface area contributed by atoms with Crippen molar-refractivity contribution < 1.29 is 28.6 Å². The van der Waals surface area contributed by atoms with Crippen molar-refractivity contribution in [2.75, 3.05) is 46.1 Å². The van der Waals surface area contributed by atoms with Crippen molar-refractivity contribution in [2.45, 2.75) is 18.6 Å². The highest BCUT2D eigenvalue weighted by Gasteiger charge is 2.52. The molecule has 1 unspecified atom stereocenters. The van der Waals surface area contributed by atoms with Crippen LogP contribution in [0.1, 0.15) is 12.8 Å². The maximum atomic E-state index is 11.7. The molecular weight excluding hydrogens is 328 g/mol. The zero-order valence-electron chi connectivity index (χ0n) is 14.0. The Morgan fingerprint density at radius 3 is 2.08 bits per heavy atom. The second-order valence-corrected chi connectivity index (χ2v) is 6.05. The predicted molar refractivity (Wildman–Crippen MR) is 86.3 cm³/mol. The number of imide groups is 1. The van der Waals surface area contributed by atoms with Crippen molar-refractivity contribution in [1.82, 2.24) is 9.80 Å². The fraction of sp³-hybridized carbons (Fsp3) is 0.588. The highest BCUT2D eigenvalue weighted by Crippen LogP contribution is 2.37. The van der Waals surface area contributed by atoms with E-state index in [9.17, 15) is 14.4 Å². The summed E-state index contributed by atoms with van der Waals surface area (Å²) in [4.78, 5) is 37.3. The third-order valence-electron chi connectivity index (χ3n) is 4.26. The summed E-state index contributed by atoms with van der Waals surface area (Å²) >= 11 is 0. The molecule has 0 radical (unpaired) electrons. The molecule has 1 atom stereocenters. The van der Waals surface area contributed by atoms with Crippen LogP contribution in [0.25, 0.3) is 0 Å². The average molecular weight is 350 g/mol. The van der Waals surface area contributed by atoms with Crippen molar-refractivity contribution in [3.63, 3.8) is 0 Å². The summed E-state index contributed by atoms with van der Waals surface area (Å²) in [6, 6.07) is 0. The average Bonchev–Trinajstić information content (AvgIpc) is 3.23. The van der Waals surface area contributed by atoms with Crippen LogP contribution >= 0.6 is 0 Å². The smallest absolute Gasteiger partial charge is 0.253 e. The number of ether oxygens (including phenoxy) is 3. The van der Waals surface area contributed by atoms with E-state index < -0.39 is 5.72 Å². The quantitative estimate of drug-likeness (QED) is 0.292. The fourth-order valence-electron chi connectivity index (χ4n) is 2.82. The molecule has 1 saturated heterocycles. The molecule has 136 valence electrons. The van der Waals surface area contributed by atoms with Gasteiger partial charge in [-0.1, -0.05) is 0 Å². The zero-order valence-corrected chi connectivity index (χ0v) is 14.0. The fourth-order valence-corrected chi connectivity index (χ4v) is 2.82. The van der Waals surface area contributed by atoms with Crippen LogP contribution in [0.4, 0.5) is 0 Å². The van der Waals surface area contributed by atoms with E-state index in [2.05, 4.69) is 0 Å². The lowest BCUT2D eigenvalue weighted by molar-refractivity contribution is -0.137. The van der Waals surface area contributed by atoms with Crippen LogP contribution < -0.4 is 0 Å². The van der Waals surface area contributed by atoms with E-state index >= 15 is 0 Å². The molecule has 8 nitrogen and oxygen atoms in total. The molecule has 0 aliphatic carbocycles. The number of carbonyl (C=O) groups excluding carboxylic acids is 3. The molecule has 0 N–H and O–H groups in total. The molecule has 0 saturated carbocycles. The molecule has 0 aromatic heterocycles. The molecule has 0 bridgehead atoms. The Balaban J connectivity index is 1.14. The normalized spacial score (nSPS) is 24.4. The van der Waals surface area contributed by atoms with E-state index in [-0.39, 0.29) is 17.7 Å². The lowest BCUT2D eigenvalue weighted by Crippen LogP contribution is -2.37. The highest BCUT2D eigenvalue weighted by atomic mass is 16.6. The predicted octanol–water partition coefficient (Wildman–Crippen LogP) is -0.150. The number of carbonyl (C=O) groups is 3. The number of nitrogens with zero attached hydrogens (tertiary/aromatic N) is 2. The van der Waals surface area contributed by atoms with Crippen molar-refractivity contribution >= 4 is 17.7 Å². The Morgan fingerprint density at radius 1 is 0.880 bits per heavy atom. The summed E-state index contributed by atoms with van der Waals surface area (Å²) < 4.78 is 16.2. The molecule has 3 amide bonds. The van der Waals surface area contributed by atoms with Crippen LogP contribution in [0, 0.1) is 0 Å². The van der Waals surface area contributed by atoms with Gasteiger partial charge < -0.3 is 19.1 Å². The first-order valence-corrected chi connectivity index (χ1v) is 8.46. The number of hydrogen-bond acceptors (Lipinski definition) is 6. The first-order chi connectivity index (χ1) is 12.1. The second kappa shape index (κ2) is 7.90. The largest absolute Gasteiger partial charge is 0.379 e. The maximum absolute atomic E-state index is 11.7. The Bertz CT molecular complexity index is 578. The molecule has 3 aliphatic heterocycles. The molecular formula is C17H22N2O6. The van der Waals surface area contributed by atoms with Crippen LogP contribution in [0.3, 0.4) is 0 Å². The summed E-state index contributed by atoms with van der Waals surface area (Å²) in [5.74, 6) is -0.539. The van der Waals surface area contributed by atoms with E-state index in [4.69, 9.17) is 14.2 Å². The SMILES string of the molecule is O=C1C=CC(=O)N1CCCOCCOCCCN1C(=O)C=CC12CO2. The number of amides is 3. The Labute approximate surface area is 146 Å². The van der Waals surface area contributed by atoms with E-state index in [0.717, 1.165) is 6.42 Å². The highest BCUT2D eigenvalue weighted by molar-refractivity contribution is 6.12. The first-order valence-electron chi connectivity index (χ1n) is 8.46. The Kier molecular flexibility index (Phi) is 5.62. The lowest BCUT2D eigenvalue weighted by atomic mass is 10.3. The van der Waals surface area contributed by atoms with Crippen molar-refractivity contribution in [3.8, 4) is 0 Å². The van der Waals surface area contributed by atoms with Gasteiger partial charge in [0.15, 0.2) is 5.72 Å². The monoisotopic (exact) mass is 350 g/mol. The summed E-state index contributed by atoms with van der Waals surface area (Å²) in [5, 5.41) is 0. The van der Waals surface area contributed by atoms with Crippen molar-refractivity contribution in [1.29, 1.82) is 0 Å². The van der Waals surface area contributed by atoms with Gasteiger partial charge in [-0.3, -0.25) is 19.3 Å². The van der Waals surface area contributed by atoms with E-state index in [1.165, 1.54) is 17.1 Å². The lowest BCUT2D eigenvalue weighted by Gasteiger charge is -2.21. The Morgan fingerprint density at radius 2 is 1.48 bits per heavy atom. The number of rotatable bonds is 11. The van der Waals surface area contributed by atoms with Gasteiger partial charge in [0.1, 0.15) is 6.61 Å². The summed E-state index contributed by atoms with van der Waals surface area (Å²) in [6.07, 6.45) is 7.26. The van der Waals surface area contributed by atoms with Crippen LogP contribution in [0.2, 0.25) is 0 Å². The topological polar surface area (TPSA) is 88.7 Å². The first kappa shape index (κ1) is 17.8. The minimum absolute atomic E-state index is 0.00833. The molecule has 0 aromatic rings. The molecule has 25 heavy (non-hydrogen) atoms. The van der Waals surface area contributed by atoms with Gasteiger partial charge in [-0.15, -0.1) is 0 Å². The molecule has 0 aromatic carbocycles. The van der Waals surface area contributed by atoms with E-state index in [1.54, 1.807) is 11.0 Å². The van der Waals surface area contributed by atoms with Crippen molar-refractivity contribution in [2.24, 2.45) is 0 Å². The van der Waals surface area contributed by atoms with Gasteiger partial charge in [-0.25, -0.2) is 0 Å². The standard InChI is InChI=1S/C17H22N2O6/c20-14-3-4-15(21)18(14)7-1-9-23-11-12-24-10-2-8-19-16(22)5-6-17(19)13-25-17/h3-6H,1-2,7-13H2. The van der Waals surface area contributed by atoms with Gasteiger partial charge in [0.25, 0.3) is 11.8 Å². The molecule has 1 spiro atoms. The van der Waals surface area contributed by atoms with Gasteiger partial charge in [-0.2, -0.15) is 0 Å². The van der Waals surface area contributed by atoms with Crippen LogP contribution in [-0.2, 0) is 28.6 Å². The zero-order chi connectivity index (χ0) is 17.7. The third kappa shape index (κ3) is 4.33. The van der Waals surface area contributed by atoms with Gasteiger partial charge in [0.2, 0.25) is 5.91 Å². The minimum Gasteiger partial charge on any atom is -0.379 e. The molecule has 3 aliphatic rings. The van der Waals surface area contributed by atoms with Crippen LogP contribution in [0.5, 0.6) is 0 Å². The minimum atomic E-state index is -0.464. The summed E-state index contributed by atoms with van der Waals surface area (Å²) in [5.41, 5.74) is -0.464. The maximum Gasteiger partial charge on any atom is 0.253 e. The number of epoxide rings is 1. The van der Waals surface area contributed by atoms with E-state index in [0.29, 0.717) is 52.5 Å². The molecule has 3 rings (SSSR count). The van der Waals surface area contributed by atoms with E-state index in [1.807, 2.05) is 6.08 Å². The summed E-state index contributed by atoms with van der Waals surface area (Å²) in [6.45, 7) is 3.49. The Hall–Kier alpha value is -2.03. The van der Waals surface area contributed by atoms with Crippen LogP contribution in [-0.4, -0.2) is 79.4 Å². The summed E-state index contributed by atoms with van der Waals surface area (Å²) in [7, 11) is 0. The number of hydrogen-bond donors (Lipinski definition) is 0. The molecule has 1 fully saturated rings. The molecule has 3 heterocycles. The van der Waals surface area contributed by atoms with Crippen molar-refractivity contribution in [3.05, 3.63) is 24.3 Å². The van der Waals surface area contributed by atoms with Gasteiger partial charge in [0.05, 0.1) is 13.2 Å². The molecule has 8 heteroatoms. The second-order valence-electron chi connectivity index (χ2n) is 6.05. The van der Waals surface area contributed by atoms with Crippen LogP contribution in [0.15, 0.2) is 24.3 Å². The van der Waals surface area contributed by atoms with Gasteiger partial charge in [-0.05, 0) is 18.9 Å².